The maximum atomic E-state index is 14.4. The van der Waals surface area contributed by atoms with Gasteiger partial charge >= 0.3 is 0 Å². The summed E-state index contributed by atoms with van der Waals surface area (Å²) in [6.45, 7) is 2.01. The molecule has 2 heterocycles. The van der Waals surface area contributed by atoms with Crippen LogP contribution in [-0.2, 0) is 11.3 Å². The maximum Gasteiger partial charge on any atom is 0.158 e. The van der Waals surface area contributed by atoms with Gasteiger partial charge in [-0.2, -0.15) is 5.10 Å². The van der Waals surface area contributed by atoms with Gasteiger partial charge in [0.1, 0.15) is 0 Å². The first-order valence-corrected chi connectivity index (χ1v) is 6.61. The molecule has 1 aliphatic rings. The summed E-state index contributed by atoms with van der Waals surface area (Å²) in [5.41, 5.74) is 0.612. The fourth-order valence-corrected chi connectivity index (χ4v) is 2.67. The average Bonchev–Trinajstić information content (AvgIpc) is 2.95. The number of aromatic nitrogens is 2. The molecule has 0 spiro atoms. The van der Waals surface area contributed by atoms with Gasteiger partial charge in [0.25, 0.3) is 0 Å². The molecule has 1 N–H and O–H groups in total. The van der Waals surface area contributed by atoms with Crippen LogP contribution in [-0.4, -0.2) is 36.1 Å². The van der Waals surface area contributed by atoms with E-state index in [9.17, 15) is 4.39 Å². The lowest BCUT2D eigenvalue weighted by molar-refractivity contribution is 0.176. The van der Waals surface area contributed by atoms with Crippen molar-refractivity contribution in [3.05, 3.63) is 16.4 Å². The number of hydrogen-bond acceptors (Lipinski definition) is 3. The normalized spacial score (nSPS) is 21.9. The van der Waals surface area contributed by atoms with Crippen molar-refractivity contribution in [1.29, 1.82) is 0 Å². The molecular formula is C11H17BrFN3O. The van der Waals surface area contributed by atoms with Crippen molar-refractivity contribution in [2.75, 3.05) is 20.3 Å². The Balaban J connectivity index is 2.14. The van der Waals surface area contributed by atoms with Gasteiger partial charge in [0.2, 0.25) is 0 Å². The average molecular weight is 306 g/mol. The van der Waals surface area contributed by atoms with Crippen LogP contribution >= 0.6 is 15.9 Å². The van der Waals surface area contributed by atoms with Crippen LogP contribution in [0.2, 0.25) is 0 Å². The minimum Gasteiger partial charge on any atom is -0.383 e. The minimum atomic E-state index is -1.02. The van der Waals surface area contributed by atoms with Crippen LogP contribution in [0, 0.1) is 0 Å². The van der Waals surface area contributed by atoms with E-state index in [-0.39, 0.29) is 6.04 Å². The van der Waals surface area contributed by atoms with Gasteiger partial charge in [-0.25, -0.2) is 4.39 Å². The number of nitrogens with one attached hydrogen (secondary N) is 1. The molecule has 1 aliphatic heterocycles. The summed E-state index contributed by atoms with van der Waals surface area (Å²) in [4.78, 5) is 0. The van der Waals surface area contributed by atoms with Crippen LogP contribution in [0.25, 0.3) is 0 Å². The Morgan fingerprint density at radius 3 is 3.24 bits per heavy atom. The molecule has 1 aromatic rings. The highest BCUT2D eigenvalue weighted by atomic mass is 79.9. The second-order valence-corrected chi connectivity index (χ2v) is 5.05. The van der Waals surface area contributed by atoms with E-state index in [1.807, 2.05) is 0 Å². The Kier molecular flexibility index (Phi) is 4.53. The van der Waals surface area contributed by atoms with Gasteiger partial charge in [0.15, 0.2) is 6.17 Å². The predicted molar refractivity (Wildman–Crippen MR) is 66.7 cm³/mol. The van der Waals surface area contributed by atoms with Crippen molar-refractivity contribution in [3.63, 3.8) is 0 Å². The summed E-state index contributed by atoms with van der Waals surface area (Å²) in [6, 6.07) is -0.0932. The molecule has 96 valence electrons. The van der Waals surface area contributed by atoms with Crippen molar-refractivity contribution >= 4 is 15.9 Å². The van der Waals surface area contributed by atoms with Crippen molar-refractivity contribution in [2.45, 2.75) is 31.6 Å². The first-order valence-electron chi connectivity index (χ1n) is 5.81. The van der Waals surface area contributed by atoms with Gasteiger partial charge < -0.3 is 10.1 Å². The third-order valence-corrected chi connectivity index (χ3v) is 3.66. The Hall–Kier alpha value is -0.460. The van der Waals surface area contributed by atoms with E-state index in [2.05, 4.69) is 26.3 Å². The lowest BCUT2D eigenvalue weighted by Gasteiger charge is -2.18. The molecule has 1 saturated heterocycles. The van der Waals surface area contributed by atoms with Crippen LogP contribution in [0.15, 0.2) is 10.7 Å². The van der Waals surface area contributed by atoms with Crippen LogP contribution in [0.3, 0.4) is 0 Å². The van der Waals surface area contributed by atoms with Crippen molar-refractivity contribution < 1.29 is 9.13 Å². The molecule has 6 heteroatoms. The maximum absolute atomic E-state index is 14.4. The van der Waals surface area contributed by atoms with E-state index >= 15 is 0 Å². The van der Waals surface area contributed by atoms with E-state index in [1.54, 1.807) is 18.0 Å². The highest BCUT2D eigenvalue weighted by Crippen LogP contribution is 2.31. The predicted octanol–water partition coefficient (Wildman–Crippen LogP) is 2.05. The van der Waals surface area contributed by atoms with Crippen molar-refractivity contribution in [3.8, 4) is 0 Å². The fourth-order valence-electron chi connectivity index (χ4n) is 2.15. The van der Waals surface area contributed by atoms with Gasteiger partial charge in [0.05, 0.1) is 29.5 Å². The number of hydrogen-bond donors (Lipinski definition) is 1. The molecule has 2 rings (SSSR count). The highest BCUT2D eigenvalue weighted by molar-refractivity contribution is 9.10. The molecule has 0 bridgehead atoms. The summed E-state index contributed by atoms with van der Waals surface area (Å²) >= 11 is 3.36. The number of halogens is 2. The minimum absolute atomic E-state index is 0.0932. The van der Waals surface area contributed by atoms with E-state index in [4.69, 9.17) is 4.74 Å². The second kappa shape index (κ2) is 5.93. The van der Waals surface area contributed by atoms with Crippen molar-refractivity contribution in [1.82, 2.24) is 15.1 Å². The van der Waals surface area contributed by atoms with Gasteiger partial charge in [-0.3, -0.25) is 4.68 Å². The highest BCUT2D eigenvalue weighted by Gasteiger charge is 2.30. The second-order valence-electron chi connectivity index (χ2n) is 4.20. The Morgan fingerprint density at radius 2 is 2.59 bits per heavy atom. The monoisotopic (exact) mass is 305 g/mol. The number of rotatable bonds is 5. The first kappa shape index (κ1) is 13.0. The molecule has 4 nitrogen and oxygen atoms in total. The summed E-state index contributed by atoms with van der Waals surface area (Å²) in [5.74, 6) is 0. The molecule has 1 aromatic heterocycles. The third-order valence-electron chi connectivity index (χ3n) is 3.05. The summed E-state index contributed by atoms with van der Waals surface area (Å²) < 4.78 is 21.8. The molecule has 0 aliphatic carbocycles. The quantitative estimate of drug-likeness (QED) is 0.905. The van der Waals surface area contributed by atoms with Crippen molar-refractivity contribution in [2.24, 2.45) is 0 Å². The first-order chi connectivity index (χ1) is 8.24. The number of ether oxygens (including phenoxy) is 1. The number of methoxy groups -OCH3 is 1. The molecule has 2 atom stereocenters. The van der Waals surface area contributed by atoms with E-state index in [1.165, 1.54) is 0 Å². The molecule has 17 heavy (non-hydrogen) atoms. The van der Waals surface area contributed by atoms with E-state index in [0.717, 1.165) is 23.9 Å². The summed E-state index contributed by atoms with van der Waals surface area (Å²) in [5, 5.41) is 7.35. The number of alkyl halides is 1. The summed E-state index contributed by atoms with van der Waals surface area (Å²) in [6.07, 6.45) is 2.54. The summed E-state index contributed by atoms with van der Waals surface area (Å²) in [7, 11) is 1.63. The zero-order valence-electron chi connectivity index (χ0n) is 9.83. The van der Waals surface area contributed by atoms with Gasteiger partial charge in [-0.1, -0.05) is 0 Å². The lowest BCUT2D eigenvalue weighted by atomic mass is 10.1. The van der Waals surface area contributed by atoms with Crippen LogP contribution < -0.4 is 5.32 Å². The van der Waals surface area contributed by atoms with E-state index < -0.39 is 6.17 Å². The Labute approximate surface area is 109 Å². The lowest BCUT2D eigenvalue weighted by Crippen LogP contribution is -2.28. The molecule has 1 fully saturated rings. The SMILES string of the molecule is COCCn1ncc(Br)c1C(F)C1CCCN1. The van der Waals surface area contributed by atoms with Gasteiger partial charge in [0, 0.05) is 13.2 Å². The zero-order valence-corrected chi connectivity index (χ0v) is 11.4. The fraction of sp³-hybridized carbons (Fsp3) is 0.727. The molecular weight excluding hydrogens is 289 g/mol. The van der Waals surface area contributed by atoms with Crippen LogP contribution in [0.1, 0.15) is 24.7 Å². The van der Waals surface area contributed by atoms with E-state index in [0.29, 0.717) is 18.8 Å². The third kappa shape index (κ3) is 2.86. The number of nitrogens with zero attached hydrogens (tertiary/aromatic N) is 2. The smallest absolute Gasteiger partial charge is 0.158 e. The zero-order chi connectivity index (χ0) is 12.3. The molecule has 2 unspecified atom stereocenters. The molecule has 0 saturated carbocycles. The standard InChI is InChI=1S/C11H17BrFN3O/c1-17-6-5-16-11(8(12)7-15-16)10(13)9-3-2-4-14-9/h7,9-10,14H,2-6H2,1H3. The Morgan fingerprint density at radius 1 is 1.76 bits per heavy atom. The molecule has 0 radical (unpaired) electrons. The molecule has 0 aromatic carbocycles. The topological polar surface area (TPSA) is 39.1 Å². The van der Waals surface area contributed by atoms with Crippen LogP contribution in [0.4, 0.5) is 4.39 Å². The van der Waals surface area contributed by atoms with Gasteiger partial charge in [-0.05, 0) is 35.3 Å². The molecule has 0 amide bonds. The van der Waals surface area contributed by atoms with Gasteiger partial charge in [-0.15, -0.1) is 0 Å². The Bertz CT molecular complexity index is 366. The largest absolute Gasteiger partial charge is 0.383 e. The van der Waals surface area contributed by atoms with Crippen LogP contribution in [0.5, 0.6) is 0 Å².